The third-order valence-corrected chi connectivity index (χ3v) is 10.3. The van der Waals surface area contributed by atoms with Crippen molar-refractivity contribution in [3.63, 3.8) is 0 Å². The third-order valence-electron chi connectivity index (χ3n) is 5.33. The van der Waals surface area contributed by atoms with Crippen molar-refractivity contribution in [2.24, 2.45) is 0 Å². The molecule has 5 nitrogen and oxygen atoms in total. The van der Waals surface area contributed by atoms with Crippen LogP contribution in [0.25, 0.3) is 0 Å². The van der Waals surface area contributed by atoms with Crippen molar-refractivity contribution in [1.82, 2.24) is 0 Å². The molecule has 0 unspecified atom stereocenters. The SMILES string of the molecule is Cc1cc(C)c(C(C)(C)CCO[Si](C)(C)C(C)(C)C)c(OP(=O)(O)O)c1. The first-order chi connectivity index (χ1) is 11.5. The van der Waals surface area contributed by atoms with Gasteiger partial charge < -0.3 is 8.95 Å². The summed E-state index contributed by atoms with van der Waals surface area (Å²) in [7, 11) is -6.46. The maximum absolute atomic E-state index is 11.4. The van der Waals surface area contributed by atoms with Gasteiger partial charge in [-0.1, -0.05) is 40.7 Å². The average Bonchev–Trinajstić information content (AvgIpc) is 2.32. The summed E-state index contributed by atoms with van der Waals surface area (Å²) in [6, 6.07) is 3.70. The van der Waals surface area contributed by atoms with Gasteiger partial charge in [0.05, 0.1) is 0 Å². The minimum absolute atomic E-state index is 0.144. The number of phosphoric acid groups is 1. The number of phosphoric ester groups is 1. The molecular formula is C19H35O5PSi. The number of hydrogen-bond acceptors (Lipinski definition) is 3. The van der Waals surface area contributed by atoms with E-state index >= 15 is 0 Å². The molecule has 1 rings (SSSR count). The smallest absolute Gasteiger partial charge is 0.417 e. The predicted molar refractivity (Wildman–Crippen MR) is 109 cm³/mol. The second-order valence-electron chi connectivity index (χ2n) is 9.28. The largest absolute Gasteiger partial charge is 0.524 e. The maximum atomic E-state index is 11.4. The molecule has 0 atom stereocenters. The number of aryl methyl sites for hydroxylation is 2. The van der Waals surface area contributed by atoms with Crippen molar-refractivity contribution >= 4 is 16.1 Å². The fourth-order valence-electron chi connectivity index (χ4n) is 2.90. The van der Waals surface area contributed by atoms with Gasteiger partial charge in [0.25, 0.3) is 0 Å². The van der Waals surface area contributed by atoms with Gasteiger partial charge in [-0.15, -0.1) is 0 Å². The molecule has 0 aliphatic heterocycles. The summed E-state index contributed by atoms with van der Waals surface area (Å²) >= 11 is 0. The van der Waals surface area contributed by atoms with Crippen LogP contribution in [0.1, 0.15) is 57.7 Å². The van der Waals surface area contributed by atoms with Crippen LogP contribution >= 0.6 is 7.82 Å². The molecule has 0 amide bonds. The van der Waals surface area contributed by atoms with Gasteiger partial charge >= 0.3 is 7.82 Å². The van der Waals surface area contributed by atoms with Gasteiger partial charge in [0.15, 0.2) is 8.32 Å². The highest BCUT2D eigenvalue weighted by atomic mass is 31.2. The van der Waals surface area contributed by atoms with E-state index in [1.807, 2.05) is 19.9 Å². The van der Waals surface area contributed by atoms with Crippen LogP contribution in [0.5, 0.6) is 5.75 Å². The first-order valence-corrected chi connectivity index (χ1v) is 13.4. The van der Waals surface area contributed by atoms with Gasteiger partial charge in [-0.2, -0.15) is 0 Å². The molecule has 0 saturated carbocycles. The van der Waals surface area contributed by atoms with E-state index in [4.69, 9.17) is 8.95 Å². The predicted octanol–water partition coefficient (Wildman–Crippen LogP) is 5.46. The quantitative estimate of drug-likeness (QED) is 0.467. The van der Waals surface area contributed by atoms with E-state index in [0.29, 0.717) is 6.61 Å². The number of benzene rings is 1. The Balaban J connectivity index is 3.10. The Morgan fingerprint density at radius 1 is 1.08 bits per heavy atom. The zero-order valence-electron chi connectivity index (χ0n) is 17.6. The highest BCUT2D eigenvalue weighted by Gasteiger charge is 2.38. The normalized spacial score (nSPS) is 13.8. The zero-order chi connectivity index (χ0) is 20.6. The van der Waals surface area contributed by atoms with Crippen LogP contribution in [-0.4, -0.2) is 24.7 Å². The summed E-state index contributed by atoms with van der Waals surface area (Å²) in [5.41, 5.74) is 2.35. The van der Waals surface area contributed by atoms with Crippen LogP contribution in [-0.2, 0) is 14.4 Å². The van der Waals surface area contributed by atoms with Gasteiger partial charge in [-0.25, -0.2) is 4.57 Å². The highest BCUT2D eigenvalue weighted by Crippen LogP contribution is 2.45. The monoisotopic (exact) mass is 402 g/mol. The van der Waals surface area contributed by atoms with E-state index < -0.39 is 16.1 Å². The summed E-state index contributed by atoms with van der Waals surface area (Å²) < 4.78 is 22.7. The Bertz CT molecular complexity index is 686. The fraction of sp³-hybridized carbons (Fsp3) is 0.684. The van der Waals surface area contributed by atoms with Gasteiger partial charge in [0, 0.05) is 12.2 Å². The van der Waals surface area contributed by atoms with Gasteiger partial charge in [0.2, 0.25) is 0 Å². The minimum atomic E-state index is -4.62. The lowest BCUT2D eigenvalue weighted by Gasteiger charge is -2.37. The molecule has 0 spiro atoms. The standard InChI is InChI=1S/C19H35O5PSi/c1-14-12-15(2)17(16(13-14)24-25(20,21)22)19(6,7)10-11-23-26(8,9)18(3,4)5/h12-13H,10-11H2,1-9H3,(H2,20,21,22). The summed E-state index contributed by atoms with van der Waals surface area (Å²) in [6.07, 6.45) is 0.737. The van der Waals surface area contributed by atoms with Gasteiger partial charge in [-0.3, -0.25) is 9.79 Å². The third kappa shape index (κ3) is 6.21. The van der Waals surface area contributed by atoms with Crippen LogP contribution in [0.3, 0.4) is 0 Å². The lowest BCUT2D eigenvalue weighted by atomic mass is 9.78. The second kappa shape index (κ2) is 7.76. The van der Waals surface area contributed by atoms with Crippen molar-refractivity contribution in [2.45, 2.75) is 78.4 Å². The molecule has 1 aromatic carbocycles. The van der Waals surface area contributed by atoms with Crippen molar-refractivity contribution in [3.05, 3.63) is 28.8 Å². The van der Waals surface area contributed by atoms with Crippen LogP contribution in [0, 0.1) is 13.8 Å². The lowest BCUT2D eigenvalue weighted by Crippen LogP contribution is -2.41. The molecule has 2 N–H and O–H groups in total. The first kappa shape index (κ1) is 23.4. The lowest BCUT2D eigenvalue weighted by molar-refractivity contribution is 0.247. The van der Waals surface area contributed by atoms with Crippen molar-refractivity contribution in [2.75, 3.05) is 6.61 Å². The van der Waals surface area contributed by atoms with Crippen molar-refractivity contribution < 1.29 is 23.3 Å². The van der Waals surface area contributed by atoms with Crippen molar-refractivity contribution in [3.8, 4) is 5.75 Å². The molecule has 0 aliphatic rings. The number of hydrogen-bond donors (Lipinski definition) is 2. The Morgan fingerprint density at radius 3 is 2.08 bits per heavy atom. The van der Waals surface area contributed by atoms with Crippen molar-refractivity contribution in [1.29, 1.82) is 0 Å². The zero-order valence-corrected chi connectivity index (χ0v) is 19.5. The van der Waals surface area contributed by atoms with Crippen LogP contribution in [0.4, 0.5) is 0 Å². The molecule has 0 aliphatic carbocycles. The Kier molecular flexibility index (Phi) is 6.98. The molecule has 0 fully saturated rings. The molecule has 0 aromatic heterocycles. The van der Waals surface area contributed by atoms with Crippen LogP contribution < -0.4 is 4.52 Å². The van der Waals surface area contributed by atoms with Crippen LogP contribution in [0.15, 0.2) is 12.1 Å². The van der Waals surface area contributed by atoms with Gasteiger partial charge in [-0.05, 0) is 61.0 Å². The molecule has 26 heavy (non-hydrogen) atoms. The van der Waals surface area contributed by atoms with E-state index in [9.17, 15) is 14.4 Å². The Labute approximate surface area is 159 Å². The molecule has 0 heterocycles. The highest BCUT2D eigenvalue weighted by molar-refractivity contribution is 7.46. The van der Waals surface area contributed by atoms with Gasteiger partial charge in [0.1, 0.15) is 5.75 Å². The minimum Gasteiger partial charge on any atom is -0.417 e. The summed E-state index contributed by atoms with van der Waals surface area (Å²) in [4.78, 5) is 18.6. The molecule has 150 valence electrons. The topological polar surface area (TPSA) is 76.0 Å². The maximum Gasteiger partial charge on any atom is 0.524 e. The first-order valence-electron chi connectivity index (χ1n) is 8.97. The van der Waals surface area contributed by atoms with Crippen LogP contribution in [0.2, 0.25) is 18.1 Å². The molecule has 1 aromatic rings. The molecular weight excluding hydrogens is 367 g/mol. The molecule has 7 heteroatoms. The summed E-state index contributed by atoms with van der Waals surface area (Å²) in [5.74, 6) is 0.258. The second-order valence-corrected chi connectivity index (χ2v) is 15.3. The Morgan fingerprint density at radius 2 is 1.62 bits per heavy atom. The molecule has 0 bridgehead atoms. The van der Waals surface area contributed by atoms with E-state index in [2.05, 4.69) is 47.7 Å². The molecule has 0 radical (unpaired) electrons. The summed E-state index contributed by atoms with van der Waals surface area (Å²) in [5, 5.41) is 0.144. The average molecular weight is 403 g/mol. The Hall–Kier alpha value is -0.653. The van der Waals surface area contributed by atoms with E-state index in [1.54, 1.807) is 6.07 Å². The number of rotatable bonds is 7. The van der Waals surface area contributed by atoms with E-state index in [-0.39, 0.29) is 16.2 Å². The molecule has 0 saturated heterocycles. The van der Waals surface area contributed by atoms with E-state index in [0.717, 1.165) is 23.1 Å². The summed E-state index contributed by atoms with van der Waals surface area (Å²) in [6.45, 7) is 19.6. The fourth-order valence-corrected chi connectivity index (χ4v) is 4.34. The van der Waals surface area contributed by atoms with E-state index in [1.165, 1.54) is 0 Å².